The van der Waals surface area contributed by atoms with Gasteiger partial charge in [0.1, 0.15) is 5.78 Å². The van der Waals surface area contributed by atoms with Crippen LogP contribution in [0.4, 0.5) is 4.39 Å². The summed E-state index contributed by atoms with van der Waals surface area (Å²) in [6.07, 6.45) is 2.15. The average Bonchev–Trinajstić information content (AvgIpc) is 2.44. The number of Topliss-reactive ketones (excluding diaryl/α,β-unsaturated/α-hetero) is 1. The Hall–Kier alpha value is -1.55. The van der Waals surface area contributed by atoms with Crippen molar-refractivity contribution in [2.75, 3.05) is 0 Å². The Morgan fingerprint density at radius 1 is 1.30 bits per heavy atom. The molecular formula is C19H21BrFNO. The second-order valence-electron chi connectivity index (χ2n) is 6.69. The molecule has 0 aliphatic rings. The SMILES string of the molecule is CC(=O)C(c1ccc(Br)cc1)C(C)(C)Cc1cc(F)ncc1C. The lowest BCUT2D eigenvalue weighted by Crippen LogP contribution is -2.30. The van der Waals surface area contributed by atoms with E-state index in [0.29, 0.717) is 6.42 Å². The molecule has 0 radical (unpaired) electrons. The molecule has 0 spiro atoms. The number of benzene rings is 1. The van der Waals surface area contributed by atoms with Crippen LogP contribution in [0, 0.1) is 18.3 Å². The number of carbonyl (C=O) groups is 1. The van der Waals surface area contributed by atoms with Gasteiger partial charge in [-0.2, -0.15) is 4.39 Å². The van der Waals surface area contributed by atoms with Gasteiger partial charge in [-0.15, -0.1) is 0 Å². The zero-order valence-electron chi connectivity index (χ0n) is 13.9. The number of carbonyl (C=O) groups excluding carboxylic acids is 1. The molecule has 1 atom stereocenters. The van der Waals surface area contributed by atoms with Gasteiger partial charge in [-0.25, -0.2) is 4.98 Å². The van der Waals surface area contributed by atoms with Crippen LogP contribution in [0.5, 0.6) is 0 Å². The van der Waals surface area contributed by atoms with E-state index in [4.69, 9.17) is 0 Å². The number of pyridine rings is 1. The molecule has 0 saturated heterocycles. The van der Waals surface area contributed by atoms with Crippen LogP contribution in [0.2, 0.25) is 0 Å². The largest absolute Gasteiger partial charge is 0.299 e. The summed E-state index contributed by atoms with van der Waals surface area (Å²) in [7, 11) is 0. The Labute approximate surface area is 145 Å². The van der Waals surface area contributed by atoms with Gasteiger partial charge in [-0.3, -0.25) is 4.79 Å². The fourth-order valence-electron chi connectivity index (χ4n) is 3.21. The summed E-state index contributed by atoms with van der Waals surface area (Å²) < 4.78 is 14.4. The van der Waals surface area contributed by atoms with E-state index in [9.17, 15) is 9.18 Å². The van der Waals surface area contributed by atoms with Gasteiger partial charge in [0.05, 0.1) is 0 Å². The van der Waals surface area contributed by atoms with Crippen LogP contribution in [0.15, 0.2) is 41.0 Å². The Bertz CT molecular complexity index is 710. The van der Waals surface area contributed by atoms with E-state index in [1.54, 1.807) is 13.1 Å². The van der Waals surface area contributed by atoms with Gasteiger partial charge in [0, 0.05) is 16.6 Å². The molecule has 0 aliphatic carbocycles. The molecule has 0 aliphatic heterocycles. The predicted molar refractivity (Wildman–Crippen MR) is 94.0 cm³/mol. The highest BCUT2D eigenvalue weighted by atomic mass is 79.9. The van der Waals surface area contributed by atoms with Crippen molar-refractivity contribution >= 4 is 21.7 Å². The molecule has 0 amide bonds. The second-order valence-corrected chi connectivity index (χ2v) is 7.61. The van der Waals surface area contributed by atoms with E-state index in [0.717, 1.165) is 21.2 Å². The molecule has 0 fully saturated rings. The first-order valence-electron chi connectivity index (χ1n) is 7.57. The van der Waals surface area contributed by atoms with E-state index in [2.05, 4.69) is 34.8 Å². The summed E-state index contributed by atoms with van der Waals surface area (Å²) in [4.78, 5) is 16.0. The fraction of sp³-hybridized carbons (Fsp3) is 0.368. The number of hydrogen-bond donors (Lipinski definition) is 0. The van der Waals surface area contributed by atoms with Gasteiger partial charge >= 0.3 is 0 Å². The van der Waals surface area contributed by atoms with Gasteiger partial charge in [0.2, 0.25) is 5.95 Å². The van der Waals surface area contributed by atoms with E-state index in [1.807, 2.05) is 31.2 Å². The average molecular weight is 378 g/mol. The minimum absolute atomic E-state index is 0.115. The molecule has 2 rings (SSSR count). The van der Waals surface area contributed by atoms with Crippen LogP contribution in [0.25, 0.3) is 0 Å². The molecule has 2 aromatic rings. The zero-order valence-corrected chi connectivity index (χ0v) is 15.4. The highest BCUT2D eigenvalue weighted by molar-refractivity contribution is 9.10. The first-order chi connectivity index (χ1) is 10.7. The summed E-state index contributed by atoms with van der Waals surface area (Å²) >= 11 is 3.42. The van der Waals surface area contributed by atoms with Crippen molar-refractivity contribution in [2.45, 2.75) is 40.0 Å². The smallest absolute Gasteiger partial charge is 0.213 e. The predicted octanol–water partition coefficient (Wildman–Crippen LogP) is 5.23. The molecule has 1 aromatic heterocycles. The van der Waals surface area contributed by atoms with Crippen LogP contribution in [0.3, 0.4) is 0 Å². The molecule has 2 nitrogen and oxygen atoms in total. The molecule has 1 heterocycles. The van der Waals surface area contributed by atoms with Gasteiger partial charge in [0.25, 0.3) is 0 Å². The summed E-state index contributed by atoms with van der Waals surface area (Å²) in [5.74, 6) is -0.611. The third-order valence-corrected chi connectivity index (χ3v) is 4.75. The lowest BCUT2D eigenvalue weighted by molar-refractivity contribution is -0.120. The van der Waals surface area contributed by atoms with Crippen molar-refractivity contribution in [1.29, 1.82) is 0 Å². The lowest BCUT2D eigenvalue weighted by Gasteiger charge is -2.34. The highest BCUT2D eigenvalue weighted by Gasteiger charge is 2.34. The second kappa shape index (κ2) is 6.91. The Morgan fingerprint density at radius 3 is 2.48 bits per heavy atom. The minimum Gasteiger partial charge on any atom is -0.299 e. The molecule has 0 saturated carbocycles. The van der Waals surface area contributed by atoms with E-state index < -0.39 is 5.95 Å². The molecular weight excluding hydrogens is 357 g/mol. The fourth-order valence-corrected chi connectivity index (χ4v) is 3.48. The maximum absolute atomic E-state index is 13.5. The van der Waals surface area contributed by atoms with Crippen molar-refractivity contribution in [1.82, 2.24) is 4.98 Å². The normalized spacial score (nSPS) is 13.0. The first-order valence-corrected chi connectivity index (χ1v) is 8.37. The molecule has 4 heteroatoms. The Balaban J connectivity index is 2.38. The summed E-state index contributed by atoms with van der Waals surface area (Å²) in [6, 6.07) is 9.29. The third-order valence-electron chi connectivity index (χ3n) is 4.22. The van der Waals surface area contributed by atoms with Crippen LogP contribution < -0.4 is 0 Å². The number of hydrogen-bond acceptors (Lipinski definition) is 2. The Morgan fingerprint density at radius 2 is 1.91 bits per heavy atom. The van der Waals surface area contributed by atoms with Crippen LogP contribution in [-0.2, 0) is 11.2 Å². The van der Waals surface area contributed by atoms with Crippen molar-refractivity contribution in [3.05, 3.63) is 63.6 Å². The summed E-state index contributed by atoms with van der Waals surface area (Å²) in [6.45, 7) is 7.65. The maximum atomic E-state index is 13.5. The highest BCUT2D eigenvalue weighted by Crippen LogP contribution is 2.40. The molecule has 122 valence electrons. The molecule has 1 aromatic carbocycles. The lowest BCUT2D eigenvalue weighted by atomic mass is 9.69. The van der Waals surface area contributed by atoms with Gasteiger partial charge in [-0.05, 0) is 60.6 Å². The number of halogens is 2. The topological polar surface area (TPSA) is 30.0 Å². The quantitative estimate of drug-likeness (QED) is 0.667. The van der Waals surface area contributed by atoms with Crippen molar-refractivity contribution < 1.29 is 9.18 Å². The Kier molecular flexibility index (Phi) is 5.35. The van der Waals surface area contributed by atoms with Gasteiger partial charge in [-0.1, -0.05) is 41.9 Å². The van der Waals surface area contributed by atoms with E-state index in [-0.39, 0.29) is 17.1 Å². The van der Waals surface area contributed by atoms with Crippen LogP contribution in [-0.4, -0.2) is 10.8 Å². The van der Waals surface area contributed by atoms with E-state index >= 15 is 0 Å². The first kappa shape index (κ1) is 17.8. The molecule has 0 N–H and O–H groups in total. The monoisotopic (exact) mass is 377 g/mol. The summed E-state index contributed by atoms with van der Waals surface area (Å²) in [5.41, 5.74) is 2.49. The summed E-state index contributed by atoms with van der Waals surface area (Å²) in [5, 5.41) is 0. The zero-order chi connectivity index (χ0) is 17.2. The number of rotatable bonds is 5. The number of nitrogens with zero attached hydrogens (tertiary/aromatic N) is 1. The number of ketones is 1. The van der Waals surface area contributed by atoms with Crippen molar-refractivity contribution in [2.24, 2.45) is 5.41 Å². The molecule has 23 heavy (non-hydrogen) atoms. The maximum Gasteiger partial charge on any atom is 0.213 e. The van der Waals surface area contributed by atoms with Crippen LogP contribution >= 0.6 is 15.9 Å². The third kappa shape index (κ3) is 4.25. The molecule has 1 unspecified atom stereocenters. The number of aryl methyl sites for hydroxylation is 1. The number of aromatic nitrogens is 1. The van der Waals surface area contributed by atoms with Gasteiger partial charge < -0.3 is 0 Å². The van der Waals surface area contributed by atoms with E-state index in [1.165, 1.54) is 6.07 Å². The standard InChI is InChI=1S/C19H21BrFNO/c1-12-11-22-17(21)9-15(12)10-19(3,4)18(13(2)23)14-5-7-16(20)8-6-14/h5-9,11,18H,10H2,1-4H3. The van der Waals surface area contributed by atoms with Gasteiger partial charge in [0.15, 0.2) is 0 Å². The molecule has 0 bridgehead atoms. The van der Waals surface area contributed by atoms with Crippen LogP contribution in [0.1, 0.15) is 43.4 Å². The van der Waals surface area contributed by atoms with Crippen molar-refractivity contribution in [3.63, 3.8) is 0 Å². The van der Waals surface area contributed by atoms with Crippen molar-refractivity contribution in [3.8, 4) is 0 Å². The minimum atomic E-state index is -0.482.